The number of ether oxygens (including phenoxy) is 1. The van der Waals surface area contributed by atoms with Crippen molar-refractivity contribution in [3.8, 4) is 0 Å². The van der Waals surface area contributed by atoms with Gasteiger partial charge in [-0.3, -0.25) is 4.79 Å². The van der Waals surface area contributed by atoms with Gasteiger partial charge in [-0.2, -0.15) is 0 Å². The monoisotopic (exact) mass is 287 g/mol. The summed E-state index contributed by atoms with van der Waals surface area (Å²) in [6.07, 6.45) is 2.53. The predicted molar refractivity (Wildman–Crippen MR) is 81.1 cm³/mol. The number of carbonyl (C=O) groups excluding carboxylic acids is 1. The lowest BCUT2D eigenvalue weighted by molar-refractivity contribution is -0.120. The van der Waals surface area contributed by atoms with Crippen LogP contribution in [-0.2, 0) is 16.0 Å². The van der Waals surface area contributed by atoms with Gasteiger partial charge in [0.05, 0.1) is 17.5 Å². The second-order valence-corrected chi connectivity index (χ2v) is 5.72. The van der Waals surface area contributed by atoms with Crippen LogP contribution >= 0.6 is 0 Å². The average molecular weight is 287 g/mol. The molecular weight excluding hydrogens is 266 g/mol. The molecule has 2 N–H and O–H groups in total. The zero-order valence-corrected chi connectivity index (χ0v) is 12.3. The molecule has 2 heterocycles. The number of nitrogens with zero attached hydrogens (tertiary/aromatic N) is 1. The molecule has 3 rings (SSSR count). The molecule has 1 aromatic carbocycles. The molecule has 0 aliphatic carbocycles. The topological polar surface area (TPSA) is 67.0 Å². The largest absolute Gasteiger partial charge is 0.381 e. The lowest BCUT2D eigenvalue weighted by atomic mass is 10.1. The normalized spacial score (nSPS) is 18.2. The van der Waals surface area contributed by atoms with Crippen LogP contribution in [0.25, 0.3) is 11.0 Å². The van der Waals surface area contributed by atoms with E-state index in [9.17, 15) is 4.79 Å². The van der Waals surface area contributed by atoms with Crippen molar-refractivity contribution in [2.24, 2.45) is 5.92 Å². The summed E-state index contributed by atoms with van der Waals surface area (Å²) in [6.45, 7) is 4.37. The Labute approximate surface area is 124 Å². The quantitative estimate of drug-likeness (QED) is 0.883. The summed E-state index contributed by atoms with van der Waals surface area (Å²) in [6, 6.07) is 5.92. The van der Waals surface area contributed by atoms with Crippen LogP contribution in [0.3, 0.4) is 0 Å². The minimum atomic E-state index is 0.0736. The molecule has 0 radical (unpaired) electrons. The average Bonchev–Trinajstić information content (AvgIpc) is 3.06. The molecule has 112 valence electrons. The highest BCUT2D eigenvalue weighted by molar-refractivity contribution is 5.81. The van der Waals surface area contributed by atoms with Crippen molar-refractivity contribution in [3.63, 3.8) is 0 Å². The van der Waals surface area contributed by atoms with Crippen molar-refractivity contribution in [2.75, 3.05) is 19.8 Å². The van der Waals surface area contributed by atoms with Gasteiger partial charge >= 0.3 is 0 Å². The molecule has 1 aromatic heterocycles. The highest BCUT2D eigenvalue weighted by Crippen LogP contribution is 2.16. The predicted octanol–water partition coefficient (Wildman–Crippen LogP) is 1.96. The Bertz CT molecular complexity index is 629. The van der Waals surface area contributed by atoms with E-state index in [2.05, 4.69) is 15.3 Å². The van der Waals surface area contributed by atoms with E-state index < -0.39 is 0 Å². The van der Waals surface area contributed by atoms with Crippen LogP contribution in [-0.4, -0.2) is 35.6 Å². The first-order valence-corrected chi connectivity index (χ1v) is 7.50. The van der Waals surface area contributed by atoms with Gasteiger partial charge in [0.2, 0.25) is 5.91 Å². The highest BCUT2D eigenvalue weighted by Gasteiger charge is 2.15. The number of amides is 1. The van der Waals surface area contributed by atoms with Crippen LogP contribution in [0.2, 0.25) is 0 Å². The molecule has 1 saturated heterocycles. The second-order valence-electron chi connectivity index (χ2n) is 5.72. The molecular formula is C16H21N3O2. The van der Waals surface area contributed by atoms with Crippen molar-refractivity contribution in [2.45, 2.75) is 26.2 Å². The van der Waals surface area contributed by atoms with Gasteiger partial charge in [0.1, 0.15) is 5.82 Å². The fourth-order valence-electron chi connectivity index (χ4n) is 2.77. The summed E-state index contributed by atoms with van der Waals surface area (Å²) in [4.78, 5) is 19.5. The minimum Gasteiger partial charge on any atom is -0.381 e. The smallest absolute Gasteiger partial charge is 0.224 e. The Kier molecular flexibility index (Phi) is 4.20. The summed E-state index contributed by atoms with van der Waals surface area (Å²) < 4.78 is 5.33. The number of aryl methyl sites for hydroxylation is 1. The van der Waals surface area contributed by atoms with Gasteiger partial charge < -0.3 is 15.0 Å². The maximum atomic E-state index is 12.0. The number of rotatable bonds is 5. The zero-order chi connectivity index (χ0) is 14.7. The van der Waals surface area contributed by atoms with Gasteiger partial charge in [-0.1, -0.05) is 6.07 Å². The van der Waals surface area contributed by atoms with E-state index in [0.717, 1.165) is 55.0 Å². The maximum Gasteiger partial charge on any atom is 0.224 e. The van der Waals surface area contributed by atoms with Crippen LogP contribution in [0, 0.1) is 12.8 Å². The van der Waals surface area contributed by atoms with Crippen molar-refractivity contribution in [1.82, 2.24) is 15.3 Å². The third-order valence-corrected chi connectivity index (χ3v) is 3.93. The van der Waals surface area contributed by atoms with Crippen LogP contribution in [0.1, 0.15) is 24.2 Å². The number of hydrogen-bond acceptors (Lipinski definition) is 3. The van der Waals surface area contributed by atoms with E-state index in [0.29, 0.717) is 12.3 Å². The van der Waals surface area contributed by atoms with Crippen molar-refractivity contribution >= 4 is 16.9 Å². The van der Waals surface area contributed by atoms with Crippen molar-refractivity contribution in [3.05, 3.63) is 29.6 Å². The number of imidazole rings is 1. The SMILES string of the molecule is Cc1nc2ccc(CC(=O)NCC[C@H]3CCOC3)cc2[nH]1. The number of carbonyl (C=O) groups is 1. The van der Waals surface area contributed by atoms with Gasteiger partial charge in [0, 0.05) is 19.8 Å². The number of H-pyrrole nitrogens is 1. The third-order valence-electron chi connectivity index (χ3n) is 3.93. The first-order chi connectivity index (χ1) is 10.2. The van der Waals surface area contributed by atoms with Crippen molar-refractivity contribution in [1.29, 1.82) is 0 Å². The molecule has 2 aromatic rings. The van der Waals surface area contributed by atoms with E-state index in [4.69, 9.17) is 4.74 Å². The lowest BCUT2D eigenvalue weighted by Crippen LogP contribution is -2.27. The minimum absolute atomic E-state index is 0.0736. The number of hydrogen-bond donors (Lipinski definition) is 2. The van der Waals surface area contributed by atoms with Crippen LogP contribution < -0.4 is 5.32 Å². The van der Waals surface area contributed by atoms with Gasteiger partial charge in [-0.25, -0.2) is 4.98 Å². The summed E-state index contributed by atoms with van der Waals surface area (Å²) in [5, 5.41) is 2.99. The fraction of sp³-hybridized carbons (Fsp3) is 0.500. The van der Waals surface area contributed by atoms with E-state index in [1.54, 1.807) is 0 Å². The van der Waals surface area contributed by atoms with Gasteiger partial charge in [-0.05, 0) is 43.4 Å². The summed E-state index contributed by atoms with van der Waals surface area (Å²) in [5.41, 5.74) is 2.94. The standard InChI is InChI=1S/C16H21N3O2/c1-11-18-14-3-2-13(8-15(14)19-11)9-16(20)17-6-4-12-5-7-21-10-12/h2-3,8,12H,4-7,9-10H2,1H3,(H,17,20)(H,18,19)/t12-/m0/s1. The van der Waals surface area contributed by atoms with Gasteiger partial charge in [0.25, 0.3) is 0 Å². The Hall–Kier alpha value is -1.88. The van der Waals surface area contributed by atoms with Gasteiger partial charge in [0.15, 0.2) is 0 Å². The summed E-state index contributed by atoms with van der Waals surface area (Å²) >= 11 is 0. The lowest BCUT2D eigenvalue weighted by Gasteiger charge is -2.08. The maximum absolute atomic E-state index is 12.0. The van der Waals surface area contributed by atoms with E-state index >= 15 is 0 Å². The first kappa shape index (κ1) is 14.1. The summed E-state index contributed by atoms with van der Waals surface area (Å²) in [5.74, 6) is 1.57. The number of fused-ring (bicyclic) bond motifs is 1. The van der Waals surface area contributed by atoms with Crippen LogP contribution in [0.4, 0.5) is 0 Å². The molecule has 0 spiro atoms. The summed E-state index contributed by atoms with van der Waals surface area (Å²) in [7, 11) is 0. The molecule has 21 heavy (non-hydrogen) atoms. The molecule has 0 bridgehead atoms. The fourth-order valence-corrected chi connectivity index (χ4v) is 2.77. The Morgan fingerprint density at radius 1 is 1.52 bits per heavy atom. The van der Waals surface area contributed by atoms with Crippen LogP contribution in [0.5, 0.6) is 0 Å². The molecule has 1 amide bonds. The Balaban J connectivity index is 1.50. The number of benzene rings is 1. The zero-order valence-electron chi connectivity index (χ0n) is 12.3. The Morgan fingerprint density at radius 2 is 2.43 bits per heavy atom. The number of nitrogens with one attached hydrogen (secondary N) is 2. The number of aromatic amines is 1. The molecule has 1 aliphatic rings. The first-order valence-electron chi connectivity index (χ1n) is 7.50. The number of aromatic nitrogens is 2. The molecule has 1 fully saturated rings. The van der Waals surface area contributed by atoms with Crippen LogP contribution in [0.15, 0.2) is 18.2 Å². The molecule has 0 saturated carbocycles. The molecule has 5 heteroatoms. The molecule has 1 atom stereocenters. The van der Waals surface area contributed by atoms with Gasteiger partial charge in [-0.15, -0.1) is 0 Å². The highest BCUT2D eigenvalue weighted by atomic mass is 16.5. The Morgan fingerprint density at radius 3 is 3.24 bits per heavy atom. The third kappa shape index (κ3) is 3.61. The molecule has 0 unspecified atom stereocenters. The van der Waals surface area contributed by atoms with E-state index in [-0.39, 0.29) is 5.91 Å². The second kappa shape index (κ2) is 6.26. The van der Waals surface area contributed by atoms with Crippen molar-refractivity contribution < 1.29 is 9.53 Å². The molecule has 1 aliphatic heterocycles. The van der Waals surface area contributed by atoms with E-state index in [1.807, 2.05) is 25.1 Å². The van der Waals surface area contributed by atoms with E-state index in [1.165, 1.54) is 0 Å². The molecule has 5 nitrogen and oxygen atoms in total.